The minimum Gasteiger partial charge on any atom is -0.207 e. The first-order valence-corrected chi connectivity index (χ1v) is 15.1. The van der Waals surface area contributed by atoms with Gasteiger partial charge in [0.2, 0.25) is 20.0 Å². The number of sulfonamides is 2. The van der Waals surface area contributed by atoms with E-state index in [1.807, 2.05) is 34.6 Å². The van der Waals surface area contributed by atoms with Gasteiger partial charge in [-0.05, 0) is 71.4 Å². The SMILES string of the molecule is C=C1C(C)(CC#CC(C)(C)N(C)S(=O)(=O)c2ccc(C)cc2)CN(S(=O)(=O)c2ccc(C)cc2)C1(C)C. The Hall–Kier alpha value is -2.44. The van der Waals surface area contributed by atoms with Crippen LogP contribution in [0.4, 0.5) is 0 Å². The first-order valence-electron chi connectivity index (χ1n) is 12.2. The third kappa shape index (κ3) is 5.42. The highest BCUT2D eigenvalue weighted by Crippen LogP contribution is 2.49. The van der Waals surface area contributed by atoms with E-state index in [0.29, 0.717) is 6.42 Å². The maximum Gasteiger partial charge on any atom is 0.244 e. The molecule has 0 bridgehead atoms. The molecule has 0 saturated carbocycles. The number of nitrogens with zero attached hydrogens (tertiary/aromatic N) is 2. The van der Waals surface area contributed by atoms with E-state index in [0.717, 1.165) is 16.7 Å². The number of hydrogen-bond acceptors (Lipinski definition) is 4. The number of hydrogen-bond donors (Lipinski definition) is 0. The van der Waals surface area contributed by atoms with E-state index in [1.165, 1.54) is 15.7 Å². The van der Waals surface area contributed by atoms with Crippen LogP contribution in [-0.2, 0) is 20.0 Å². The van der Waals surface area contributed by atoms with E-state index in [-0.39, 0.29) is 16.3 Å². The Balaban J connectivity index is 1.86. The van der Waals surface area contributed by atoms with E-state index in [9.17, 15) is 16.8 Å². The zero-order valence-corrected chi connectivity index (χ0v) is 24.7. The van der Waals surface area contributed by atoms with E-state index in [4.69, 9.17) is 0 Å². The fourth-order valence-electron chi connectivity index (χ4n) is 4.59. The van der Waals surface area contributed by atoms with Crippen molar-refractivity contribution in [2.24, 2.45) is 5.41 Å². The third-order valence-electron chi connectivity index (χ3n) is 7.53. The van der Waals surface area contributed by atoms with Crippen molar-refractivity contribution in [3.05, 3.63) is 71.8 Å². The maximum atomic E-state index is 13.6. The molecular formula is C29H38N2O4S2. The molecule has 1 fully saturated rings. The second-order valence-corrected chi connectivity index (χ2v) is 15.1. The third-order valence-corrected chi connectivity index (χ3v) is 11.6. The molecule has 1 unspecified atom stereocenters. The summed E-state index contributed by atoms with van der Waals surface area (Å²) in [4.78, 5) is 0.462. The molecule has 8 heteroatoms. The Bertz CT molecular complexity index is 1460. The molecule has 0 spiro atoms. The van der Waals surface area contributed by atoms with Crippen molar-refractivity contribution < 1.29 is 16.8 Å². The lowest BCUT2D eigenvalue weighted by molar-refractivity contribution is 0.307. The van der Waals surface area contributed by atoms with Crippen LogP contribution in [0.15, 0.2) is 70.5 Å². The fourth-order valence-corrected chi connectivity index (χ4v) is 7.93. The second-order valence-electron chi connectivity index (χ2n) is 11.2. The van der Waals surface area contributed by atoms with Crippen molar-refractivity contribution >= 4 is 20.0 Å². The Morgan fingerprint density at radius 1 is 0.919 bits per heavy atom. The van der Waals surface area contributed by atoms with Crippen LogP contribution in [0.25, 0.3) is 0 Å². The molecule has 3 rings (SSSR count). The first kappa shape index (κ1) is 29.1. The summed E-state index contributed by atoms with van der Waals surface area (Å²) < 4.78 is 56.3. The molecule has 200 valence electrons. The van der Waals surface area contributed by atoms with Crippen LogP contribution in [0, 0.1) is 31.1 Å². The van der Waals surface area contributed by atoms with Gasteiger partial charge >= 0.3 is 0 Å². The fraction of sp³-hybridized carbons (Fsp3) is 0.448. The summed E-state index contributed by atoms with van der Waals surface area (Å²) in [6.07, 6.45) is 0.344. The van der Waals surface area contributed by atoms with E-state index >= 15 is 0 Å². The molecule has 0 aromatic heterocycles. The summed E-state index contributed by atoms with van der Waals surface area (Å²) in [7, 11) is -5.97. The van der Waals surface area contributed by atoms with E-state index < -0.39 is 36.5 Å². The highest BCUT2D eigenvalue weighted by Gasteiger charge is 2.53. The van der Waals surface area contributed by atoms with Gasteiger partial charge in [0.15, 0.2) is 0 Å². The van der Waals surface area contributed by atoms with Crippen molar-refractivity contribution in [1.29, 1.82) is 0 Å². The summed E-state index contributed by atoms with van der Waals surface area (Å²) in [6, 6.07) is 13.6. The Morgan fingerprint density at radius 3 is 1.86 bits per heavy atom. The van der Waals surface area contributed by atoms with Crippen molar-refractivity contribution in [2.75, 3.05) is 13.6 Å². The summed E-state index contributed by atoms with van der Waals surface area (Å²) >= 11 is 0. The zero-order valence-electron chi connectivity index (χ0n) is 23.1. The molecule has 1 atom stereocenters. The van der Waals surface area contributed by atoms with Crippen molar-refractivity contribution in [2.45, 2.75) is 75.8 Å². The van der Waals surface area contributed by atoms with E-state index in [2.05, 4.69) is 18.4 Å². The lowest BCUT2D eigenvalue weighted by Crippen LogP contribution is -2.43. The highest BCUT2D eigenvalue weighted by molar-refractivity contribution is 7.89. The predicted octanol–water partition coefficient (Wildman–Crippen LogP) is 5.14. The molecule has 0 radical (unpaired) electrons. The largest absolute Gasteiger partial charge is 0.244 e. The lowest BCUT2D eigenvalue weighted by atomic mass is 9.77. The van der Waals surface area contributed by atoms with Gasteiger partial charge in [-0.15, -0.1) is 5.92 Å². The van der Waals surface area contributed by atoms with Gasteiger partial charge in [0.25, 0.3) is 0 Å². The van der Waals surface area contributed by atoms with Gasteiger partial charge in [0.05, 0.1) is 20.9 Å². The van der Waals surface area contributed by atoms with Crippen LogP contribution in [0.3, 0.4) is 0 Å². The summed E-state index contributed by atoms with van der Waals surface area (Å²) in [6.45, 7) is 17.6. The first-order chi connectivity index (χ1) is 16.9. The van der Waals surface area contributed by atoms with Gasteiger partial charge in [0.1, 0.15) is 0 Å². The van der Waals surface area contributed by atoms with Crippen molar-refractivity contribution in [1.82, 2.24) is 8.61 Å². The minimum absolute atomic E-state index is 0.213. The molecule has 2 aromatic rings. The molecule has 2 aromatic carbocycles. The summed E-state index contributed by atoms with van der Waals surface area (Å²) in [5.74, 6) is 6.30. The average molecular weight is 543 g/mol. The summed E-state index contributed by atoms with van der Waals surface area (Å²) in [5.41, 5.74) is 0.361. The van der Waals surface area contributed by atoms with Crippen LogP contribution in [0.5, 0.6) is 0 Å². The molecule has 1 aliphatic heterocycles. The van der Waals surface area contributed by atoms with Gasteiger partial charge in [-0.2, -0.15) is 8.61 Å². The Morgan fingerprint density at radius 2 is 1.38 bits per heavy atom. The molecule has 0 aliphatic carbocycles. The van der Waals surface area contributed by atoms with Gasteiger partial charge in [0, 0.05) is 25.4 Å². The molecule has 6 nitrogen and oxygen atoms in total. The van der Waals surface area contributed by atoms with Crippen LogP contribution < -0.4 is 0 Å². The minimum atomic E-state index is -3.75. The molecule has 0 amide bonds. The topological polar surface area (TPSA) is 74.8 Å². The predicted molar refractivity (Wildman–Crippen MR) is 149 cm³/mol. The van der Waals surface area contributed by atoms with Gasteiger partial charge in [-0.25, -0.2) is 16.8 Å². The highest BCUT2D eigenvalue weighted by atomic mass is 32.2. The van der Waals surface area contributed by atoms with Gasteiger partial charge in [-0.1, -0.05) is 54.8 Å². The van der Waals surface area contributed by atoms with Crippen molar-refractivity contribution in [3.63, 3.8) is 0 Å². The van der Waals surface area contributed by atoms with Gasteiger partial charge in [-0.3, -0.25) is 0 Å². The van der Waals surface area contributed by atoms with Crippen LogP contribution >= 0.6 is 0 Å². The Kier molecular flexibility index (Phi) is 7.64. The standard InChI is InChI=1S/C29H38N2O4S2/c1-22-11-15-25(16-12-22)36(32,33)30(9)27(4,5)19-10-20-29(8)21-31(28(6,7)24(29)3)37(34,35)26-17-13-23(2)14-18-26/h11-18H,3,20-21H2,1-2,4-9H3. The van der Waals surface area contributed by atoms with Crippen LogP contribution in [-0.4, -0.2) is 50.1 Å². The van der Waals surface area contributed by atoms with Crippen LogP contribution in [0.2, 0.25) is 0 Å². The molecule has 1 saturated heterocycles. The molecule has 1 aliphatic rings. The monoisotopic (exact) mass is 542 g/mol. The van der Waals surface area contributed by atoms with E-state index in [1.54, 1.807) is 62.4 Å². The maximum absolute atomic E-state index is 13.6. The smallest absolute Gasteiger partial charge is 0.207 e. The molecule has 0 N–H and O–H groups in total. The zero-order chi connectivity index (χ0) is 28.0. The Labute approximate surface area is 223 Å². The lowest BCUT2D eigenvalue weighted by Gasteiger charge is -2.31. The molecule has 1 heterocycles. The quantitative estimate of drug-likeness (QED) is 0.374. The average Bonchev–Trinajstić information content (AvgIpc) is 2.99. The van der Waals surface area contributed by atoms with Crippen molar-refractivity contribution in [3.8, 4) is 11.8 Å². The normalized spacial score (nSPS) is 20.6. The number of rotatable bonds is 6. The second kappa shape index (κ2) is 9.70. The molecular weight excluding hydrogens is 504 g/mol. The number of benzene rings is 2. The van der Waals surface area contributed by atoms with Gasteiger partial charge < -0.3 is 0 Å². The summed E-state index contributed by atoms with van der Waals surface area (Å²) in [5, 5.41) is 0. The molecule has 37 heavy (non-hydrogen) atoms. The van der Waals surface area contributed by atoms with Crippen LogP contribution in [0.1, 0.15) is 52.2 Å². The number of aryl methyl sites for hydroxylation is 2.